The standard InChI is InChI=1S/C35H32O4/c1-24(2)21-37-23-27-19-26(22-38-34(36)25(3)4)20-32-30(27)15-16-33-31(32)17-18-35(39-33,28-11-7-5-8-12-28)29-13-9-6-10-14-29/h5-20H,1,3,21-23H2,2,4H3. The molecule has 0 aromatic heterocycles. The highest BCUT2D eigenvalue weighted by Gasteiger charge is 2.37. The van der Waals surface area contributed by atoms with Crippen LogP contribution in [0, 0.1) is 0 Å². The van der Waals surface area contributed by atoms with E-state index in [9.17, 15) is 4.79 Å². The van der Waals surface area contributed by atoms with E-state index in [1.807, 2.05) is 55.5 Å². The Kier molecular flexibility index (Phi) is 7.49. The molecule has 0 bridgehead atoms. The van der Waals surface area contributed by atoms with Crippen LogP contribution < -0.4 is 4.74 Å². The summed E-state index contributed by atoms with van der Waals surface area (Å²) >= 11 is 0. The van der Waals surface area contributed by atoms with E-state index in [1.165, 1.54) is 0 Å². The van der Waals surface area contributed by atoms with Crippen LogP contribution in [0.15, 0.2) is 115 Å². The third-order valence-electron chi connectivity index (χ3n) is 6.77. The van der Waals surface area contributed by atoms with Crippen molar-refractivity contribution in [3.63, 3.8) is 0 Å². The number of ether oxygens (including phenoxy) is 3. The Morgan fingerprint density at radius 1 is 0.846 bits per heavy atom. The molecule has 0 aliphatic carbocycles. The molecule has 1 aliphatic rings. The van der Waals surface area contributed by atoms with E-state index in [1.54, 1.807) is 6.92 Å². The van der Waals surface area contributed by atoms with Crippen molar-refractivity contribution in [1.29, 1.82) is 0 Å². The van der Waals surface area contributed by atoms with Crippen molar-refractivity contribution in [3.05, 3.63) is 143 Å². The van der Waals surface area contributed by atoms with Crippen LogP contribution in [0.1, 0.15) is 41.7 Å². The van der Waals surface area contributed by atoms with E-state index >= 15 is 0 Å². The Morgan fingerprint density at radius 3 is 2.13 bits per heavy atom. The number of benzene rings is 4. The van der Waals surface area contributed by atoms with Crippen LogP contribution in [0.3, 0.4) is 0 Å². The van der Waals surface area contributed by atoms with E-state index in [0.29, 0.717) is 18.8 Å². The summed E-state index contributed by atoms with van der Waals surface area (Å²) in [4.78, 5) is 12.1. The van der Waals surface area contributed by atoms with Gasteiger partial charge in [0.15, 0.2) is 5.60 Å². The van der Waals surface area contributed by atoms with Crippen molar-refractivity contribution in [3.8, 4) is 5.75 Å². The normalized spacial score (nSPS) is 13.4. The molecule has 4 nitrogen and oxygen atoms in total. The molecule has 0 atom stereocenters. The maximum Gasteiger partial charge on any atom is 0.333 e. The number of hydrogen-bond donors (Lipinski definition) is 0. The van der Waals surface area contributed by atoms with Crippen molar-refractivity contribution in [1.82, 2.24) is 0 Å². The molecular weight excluding hydrogens is 484 g/mol. The Bertz CT molecular complexity index is 1530. The number of esters is 1. The monoisotopic (exact) mass is 516 g/mol. The molecule has 0 radical (unpaired) electrons. The van der Waals surface area contributed by atoms with Crippen molar-refractivity contribution in [2.45, 2.75) is 32.7 Å². The van der Waals surface area contributed by atoms with Gasteiger partial charge in [-0.3, -0.25) is 0 Å². The minimum Gasteiger partial charge on any atom is -0.473 e. The molecule has 5 rings (SSSR count). The summed E-state index contributed by atoms with van der Waals surface area (Å²) in [5.41, 5.74) is 5.52. The molecule has 0 N–H and O–H groups in total. The van der Waals surface area contributed by atoms with Crippen molar-refractivity contribution >= 4 is 22.8 Å². The molecule has 4 heteroatoms. The molecule has 196 valence electrons. The first-order valence-corrected chi connectivity index (χ1v) is 13.0. The quantitative estimate of drug-likeness (QED) is 0.129. The number of rotatable bonds is 9. The van der Waals surface area contributed by atoms with E-state index in [-0.39, 0.29) is 6.61 Å². The lowest BCUT2D eigenvalue weighted by molar-refractivity contribution is -0.140. The second-order valence-electron chi connectivity index (χ2n) is 10.0. The zero-order valence-electron chi connectivity index (χ0n) is 22.4. The van der Waals surface area contributed by atoms with E-state index in [2.05, 4.69) is 61.7 Å². The predicted octanol–water partition coefficient (Wildman–Crippen LogP) is 7.90. The van der Waals surface area contributed by atoms with Crippen LogP contribution in [-0.4, -0.2) is 12.6 Å². The lowest BCUT2D eigenvalue weighted by Gasteiger charge is -2.36. The van der Waals surface area contributed by atoms with Gasteiger partial charge in [0.05, 0.1) is 13.2 Å². The highest BCUT2D eigenvalue weighted by atomic mass is 16.5. The van der Waals surface area contributed by atoms with Gasteiger partial charge in [0.2, 0.25) is 0 Å². The lowest BCUT2D eigenvalue weighted by Crippen LogP contribution is -2.34. The summed E-state index contributed by atoms with van der Waals surface area (Å²) in [6.45, 7) is 12.2. The van der Waals surface area contributed by atoms with Crippen LogP contribution in [0.25, 0.3) is 16.8 Å². The second kappa shape index (κ2) is 11.1. The molecule has 0 unspecified atom stereocenters. The molecule has 0 fully saturated rings. The number of hydrogen-bond acceptors (Lipinski definition) is 4. The summed E-state index contributed by atoms with van der Waals surface area (Å²) in [6.07, 6.45) is 4.27. The zero-order chi connectivity index (χ0) is 27.4. The first-order valence-electron chi connectivity index (χ1n) is 13.0. The van der Waals surface area contributed by atoms with Crippen LogP contribution in [-0.2, 0) is 33.1 Å². The van der Waals surface area contributed by atoms with Gasteiger partial charge in [-0.25, -0.2) is 4.79 Å². The van der Waals surface area contributed by atoms with Gasteiger partial charge in [0.1, 0.15) is 12.4 Å². The van der Waals surface area contributed by atoms with Gasteiger partial charge < -0.3 is 14.2 Å². The smallest absolute Gasteiger partial charge is 0.333 e. The summed E-state index contributed by atoms with van der Waals surface area (Å²) in [5, 5.41) is 2.07. The van der Waals surface area contributed by atoms with Gasteiger partial charge in [-0.2, -0.15) is 0 Å². The minimum atomic E-state index is -0.759. The first kappa shape index (κ1) is 26.2. The largest absolute Gasteiger partial charge is 0.473 e. The Balaban J connectivity index is 1.61. The molecule has 1 heterocycles. The fourth-order valence-electron chi connectivity index (χ4n) is 4.91. The van der Waals surface area contributed by atoms with Gasteiger partial charge in [-0.15, -0.1) is 0 Å². The van der Waals surface area contributed by atoms with E-state index in [0.717, 1.165) is 49.9 Å². The highest BCUT2D eigenvalue weighted by molar-refractivity contribution is 5.96. The first-order chi connectivity index (χ1) is 18.9. The minimum absolute atomic E-state index is 0.140. The maximum absolute atomic E-state index is 12.1. The van der Waals surface area contributed by atoms with Crippen LogP contribution in [0.5, 0.6) is 5.75 Å². The van der Waals surface area contributed by atoms with Gasteiger partial charge in [-0.05, 0) is 66.1 Å². The van der Waals surface area contributed by atoms with Crippen molar-refractivity contribution in [2.75, 3.05) is 6.61 Å². The summed E-state index contributed by atoms with van der Waals surface area (Å²) in [7, 11) is 0. The molecule has 4 aromatic carbocycles. The third kappa shape index (κ3) is 5.43. The molecule has 39 heavy (non-hydrogen) atoms. The highest BCUT2D eigenvalue weighted by Crippen LogP contribution is 2.44. The number of fused-ring (bicyclic) bond motifs is 3. The number of carbonyl (C=O) groups excluding carboxylic acids is 1. The molecule has 0 saturated heterocycles. The molecule has 0 spiro atoms. The fraction of sp³-hybridized carbons (Fsp3) is 0.171. The van der Waals surface area contributed by atoms with Gasteiger partial charge in [-0.1, -0.05) is 85.5 Å². The fourth-order valence-corrected chi connectivity index (χ4v) is 4.91. The van der Waals surface area contributed by atoms with E-state index in [4.69, 9.17) is 14.2 Å². The van der Waals surface area contributed by atoms with Crippen LogP contribution >= 0.6 is 0 Å². The average molecular weight is 517 g/mol. The molecule has 0 saturated carbocycles. The van der Waals surface area contributed by atoms with Gasteiger partial charge in [0, 0.05) is 22.3 Å². The molecule has 4 aromatic rings. The Morgan fingerprint density at radius 2 is 1.51 bits per heavy atom. The van der Waals surface area contributed by atoms with E-state index < -0.39 is 11.6 Å². The lowest BCUT2D eigenvalue weighted by atomic mass is 9.83. The maximum atomic E-state index is 12.1. The van der Waals surface area contributed by atoms with Crippen LogP contribution in [0.4, 0.5) is 0 Å². The summed E-state index contributed by atoms with van der Waals surface area (Å²) < 4.78 is 18.3. The predicted molar refractivity (Wildman–Crippen MR) is 156 cm³/mol. The number of carbonyl (C=O) groups is 1. The van der Waals surface area contributed by atoms with Gasteiger partial charge in [0.25, 0.3) is 0 Å². The third-order valence-corrected chi connectivity index (χ3v) is 6.77. The second-order valence-corrected chi connectivity index (χ2v) is 10.0. The van der Waals surface area contributed by atoms with Crippen molar-refractivity contribution in [2.24, 2.45) is 0 Å². The SMILES string of the molecule is C=C(C)COCc1cc(COC(=O)C(=C)C)cc2c3c(ccc12)OC(c1ccccc1)(c1ccccc1)C=C3. The average Bonchev–Trinajstić information content (AvgIpc) is 2.96. The summed E-state index contributed by atoms with van der Waals surface area (Å²) in [5.74, 6) is 0.367. The topological polar surface area (TPSA) is 44.8 Å². The van der Waals surface area contributed by atoms with Crippen molar-refractivity contribution < 1.29 is 19.0 Å². The Labute approximate surface area is 229 Å². The van der Waals surface area contributed by atoms with Crippen LogP contribution in [0.2, 0.25) is 0 Å². The molecule has 1 aliphatic heterocycles. The zero-order valence-corrected chi connectivity index (χ0v) is 22.4. The Hall–Kier alpha value is -4.41. The van der Waals surface area contributed by atoms with Gasteiger partial charge >= 0.3 is 5.97 Å². The molecular formula is C35H32O4. The summed E-state index contributed by atoms with van der Waals surface area (Å²) in [6, 6.07) is 28.7. The molecule has 0 amide bonds.